The lowest BCUT2D eigenvalue weighted by atomic mass is 9.83. The molecule has 1 heterocycles. The molecule has 1 fully saturated rings. The third-order valence-corrected chi connectivity index (χ3v) is 3.13. The van der Waals surface area contributed by atoms with Crippen molar-refractivity contribution >= 4 is 0 Å². The average Bonchev–Trinajstić information content (AvgIpc) is 2.16. The van der Waals surface area contributed by atoms with E-state index in [9.17, 15) is 8.78 Å². The van der Waals surface area contributed by atoms with E-state index in [0.29, 0.717) is 13.0 Å². The Labute approximate surface area is 94.9 Å². The van der Waals surface area contributed by atoms with Gasteiger partial charge in [-0.15, -0.1) is 0 Å². The first-order chi connectivity index (χ1) is 7.49. The van der Waals surface area contributed by atoms with Crippen LogP contribution in [0.25, 0.3) is 0 Å². The zero-order chi connectivity index (χ0) is 11.6. The second-order valence-corrected chi connectivity index (χ2v) is 4.93. The molecule has 1 aromatic rings. The molecule has 0 radical (unpaired) electrons. The van der Waals surface area contributed by atoms with Crippen LogP contribution in [0.3, 0.4) is 0 Å². The normalized spacial score (nSPS) is 28.9. The molecule has 1 N–H and O–H groups in total. The van der Waals surface area contributed by atoms with Gasteiger partial charge in [-0.3, -0.25) is 0 Å². The topological polar surface area (TPSA) is 12.0 Å². The highest BCUT2D eigenvalue weighted by atomic mass is 19.3. The second-order valence-electron chi connectivity index (χ2n) is 4.93. The van der Waals surface area contributed by atoms with Crippen molar-refractivity contribution in [3.63, 3.8) is 0 Å². The zero-order valence-corrected chi connectivity index (χ0v) is 9.47. The van der Waals surface area contributed by atoms with Crippen LogP contribution in [0.5, 0.6) is 0 Å². The number of halogens is 2. The number of alkyl halides is 2. The number of piperidine rings is 1. The van der Waals surface area contributed by atoms with E-state index < -0.39 is 11.5 Å². The van der Waals surface area contributed by atoms with E-state index in [1.807, 2.05) is 37.3 Å². The summed E-state index contributed by atoms with van der Waals surface area (Å²) in [6, 6.07) is 9.80. The van der Waals surface area contributed by atoms with Gasteiger partial charge in [-0.05, 0) is 18.9 Å². The van der Waals surface area contributed by atoms with Gasteiger partial charge in [0.05, 0.1) is 0 Å². The van der Waals surface area contributed by atoms with Crippen molar-refractivity contribution in [2.24, 2.45) is 0 Å². The van der Waals surface area contributed by atoms with E-state index in [1.165, 1.54) is 0 Å². The number of hydrogen-bond donors (Lipinski definition) is 1. The Morgan fingerprint density at radius 1 is 1.25 bits per heavy atom. The molecule has 3 heteroatoms. The van der Waals surface area contributed by atoms with E-state index in [1.54, 1.807) is 0 Å². The van der Waals surface area contributed by atoms with Gasteiger partial charge in [0, 0.05) is 24.9 Å². The molecule has 0 bridgehead atoms. The van der Waals surface area contributed by atoms with Crippen LogP contribution in [0.2, 0.25) is 0 Å². The number of rotatable bonds is 2. The average molecular weight is 225 g/mol. The summed E-state index contributed by atoms with van der Waals surface area (Å²) in [5, 5.41) is 3.22. The van der Waals surface area contributed by atoms with Crippen molar-refractivity contribution in [1.82, 2.24) is 5.32 Å². The minimum absolute atomic E-state index is 0.0443. The molecule has 0 spiro atoms. The number of nitrogens with one attached hydrogen (secondary N) is 1. The molecule has 16 heavy (non-hydrogen) atoms. The van der Waals surface area contributed by atoms with E-state index >= 15 is 0 Å². The van der Waals surface area contributed by atoms with Crippen LogP contribution < -0.4 is 5.32 Å². The van der Waals surface area contributed by atoms with Crippen LogP contribution in [-0.4, -0.2) is 18.0 Å². The number of benzene rings is 1. The van der Waals surface area contributed by atoms with Crippen molar-refractivity contribution in [3.05, 3.63) is 35.9 Å². The molecule has 88 valence electrons. The smallest absolute Gasteiger partial charge is 0.251 e. The fraction of sp³-hybridized carbons (Fsp3) is 0.538. The van der Waals surface area contributed by atoms with Gasteiger partial charge in [0.15, 0.2) is 0 Å². The molecule has 0 aliphatic carbocycles. The highest BCUT2D eigenvalue weighted by Crippen LogP contribution is 2.34. The summed E-state index contributed by atoms with van der Waals surface area (Å²) in [6.07, 6.45) is 0.537. The maximum absolute atomic E-state index is 13.4. The summed E-state index contributed by atoms with van der Waals surface area (Å²) >= 11 is 0. The van der Waals surface area contributed by atoms with Gasteiger partial charge in [-0.1, -0.05) is 30.3 Å². The van der Waals surface area contributed by atoms with E-state index in [4.69, 9.17) is 0 Å². The predicted molar refractivity (Wildman–Crippen MR) is 60.7 cm³/mol. The Morgan fingerprint density at radius 2 is 1.94 bits per heavy atom. The first-order valence-corrected chi connectivity index (χ1v) is 5.66. The fourth-order valence-corrected chi connectivity index (χ4v) is 2.44. The summed E-state index contributed by atoms with van der Waals surface area (Å²) in [6.45, 7) is 2.28. The van der Waals surface area contributed by atoms with Crippen LogP contribution in [0, 0.1) is 0 Å². The Kier molecular flexibility index (Phi) is 2.98. The Morgan fingerprint density at radius 3 is 2.56 bits per heavy atom. The van der Waals surface area contributed by atoms with Crippen LogP contribution in [-0.2, 0) is 6.42 Å². The molecule has 1 aliphatic rings. The van der Waals surface area contributed by atoms with Crippen molar-refractivity contribution in [2.45, 2.75) is 37.6 Å². The second kappa shape index (κ2) is 4.13. The molecule has 0 amide bonds. The van der Waals surface area contributed by atoms with Gasteiger partial charge in [-0.25, -0.2) is 8.78 Å². The van der Waals surface area contributed by atoms with Crippen LogP contribution in [0.4, 0.5) is 8.78 Å². The molecule has 1 aromatic carbocycles. The van der Waals surface area contributed by atoms with E-state index in [0.717, 1.165) is 5.56 Å². The molecule has 1 unspecified atom stereocenters. The Bertz CT molecular complexity index is 350. The largest absolute Gasteiger partial charge is 0.311 e. The summed E-state index contributed by atoms with van der Waals surface area (Å²) in [4.78, 5) is 0. The van der Waals surface area contributed by atoms with Gasteiger partial charge < -0.3 is 5.32 Å². The minimum atomic E-state index is -2.52. The molecule has 1 nitrogen and oxygen atoms in total. The maximum atomic E-state index is 13.4. The zero-order valence-electron chi connectivity index (χ0n) is 9.47. The van der Waals surface area contributed by atoms with Gasteiger partial charge in [0.1, 0.15) is 0 Å². The van der Waals surface area contributed by atoms with Crippen molar-refractivity contribution in [1.29, 1.82) is 0 Å². The molecule has 2 rings (SSSR count). The lowest BCUT2D eigenvalue weighted by Gasteiger charge is -2.39. The first kappa shape index (κ1) is 11.5. The summed E-state index contributed by atoms with van der Waals surface area (Å²) in [5.74, 6) is -2.52. The van der Waals surface area contributed by atoms with Gasteiger partial charge in [0.2, 0.25) is 0 Å². The Hall–Kier alpha value is -0.960. The molecule has 0 saturated carbocycles. The van der Waals surface area contributed by atoms with E-state index in [2.05, 4.69) is 5.32 Å². The summed E-state index contributed by atoms with van der Waals surface area (Å²) < 4.78 is 26.7. The standard InChI is InChI=1S/C13H17F2N/c1-12(9-11-5-3-2-4-6-11)10-13(14,15)7-8-16-12/h2-6,16H,7-10H2,1H3. The van der Waals surface area contributed by atoms with Crippen molar-refractivity contribution in [3.8, 4) is 0 Å². The molecule has 1 saturated heterocycles. The van der Waals surface area contributed by atoms with Crippen LogP contribution in [0.15, 0.2) is 30.3 Å². The molecule has 1 aliphatic heterocycles. The lowest BCUT2D eigenvalue weighted by molar-refractivity contribution is -0.0595. The Balaban J connectivity index is 2.08. The quantitative estimate of drug-likeness (QED) is 0.815. The monoisotopic (exact) mass is 225 g/mol. The first-order valence-electron chi connectivity index (χ1n) is 5.66. The van der Waals surface area contributed by atoms with Gasteiger partial charge >= 0.3 is 0 Å². The molecule has 0 aromatic heterocycles. The maximum Gasteiger partial charge on any atom is 0.251 e. The van der Waals surface area contributed by atoms with Crippen molar-refractivity contribution < 1.29 is 8.78 Å². The lowest BCUT2D eigenvalue weighted by Crippen LogP contribution is -2.54. The van der Waals surface area contributed by atoms with Crippen LogP contribution in [0.1, 0.15) is 25.3 Å². The SMILES string of the molecule is CC1(Cc2ccccc2)CC(F)(F)CCN1. The number of hydrogen-bond acceptors (Lipinski definition) is 1. The van der Waals surface area contributed by atoms with Crippen LogP contribution >= 0.6 is 0 Å². The minimum Gasteiger partial charge on any atom is -0.311 e. The van der Waals surface area contributed by atoms with E-state index in [-0.39, 0.29) is 12.8 Å². The summed E-state index contributed by atoms with van der Waals surface area (Å²) in [5.41, 5.74) is 0.624. The predicted octanol–water partition coefficient (Wildman–Crippen LogP) is 3.01. The molecular formula is C13H17F2N. The highest BCUT2D eigenvalue weighted by molar-refractivity contribution is 5.18. The molecule has 1 atom stereocenters. The third-order valence-electron chi connectivity index (χ3n) is 3.13. The molecular weight excluding hydrogens is 208 g/mol. The highest BCUT2D eigenvalue weighted by Gasteiger charge is 2.42. The van der Waals surface area contributed by atoms with Gasteiger partial charge in [0.25, 0.3) is 5.92 Å². The fourth-order valence-electron chi connectivity index (χ4n) is 2.44. The van der Waals surface area contributed by atoms with Gasteiger partial charge in [-0.2, -0.15) is 0 Å². The summed E-state index contributed by atoms with van der Waals surface area (Å²) in [7, 11) is 0. The third kappa shape index (κ3) is 2.79. The van der Waals surface area contributed by atoms with Crippen molar-refractivity contribution in [2.75, 3.05) is 6.54 Å².